The number of hydrogen-bond acceptors (Lipinski definition) is 4. The topological polar surface area (TPSA) is 71.8 Å². The highest BCUT2D eigenvalue weighted by atomic mass is 32.2. The molecule has 8 heteroatoms. The maximum absolute atomic E-state index is 14.1. The predicted molar refractivity (Wildman–Crippen MR) is 109 cm³/mol. The fourth-order valence-electron chi connectivity index (χ4n) is 3.52. The van der Waals surface area contributed by atoms with Gasteiger partial charge in [-0.05, 0) is 60.9 Å². The number of nitrogens with one attached hydrogen (secondary N) is 2. The molecule has 0 aliphatic carbocycles. The SMILES string of the molecule is Cc1nc2ccc(CC3(C)C(=N)NC(c4cc(F)ccc4F)C[S+]3[O-])cc2s1. The zero-order valence-electron chi connectivity index (χ0n) is 15.4. The van der Waals surface area contributed by atoms with Crippen molar-refractivity contribution in [2.75, 3.05) is 5.75 Å². The van der Waals surface area contributed by atoms with Crippen LogP contribution in [0.15, 0.2) is 36.4 Å². The van der Waals surface area contributed by atoms with Crippen molar-refractivity contribution >= 4 is 38.6 Å². The summed E-state index contributed by atoms with van der Waals surface area (Å²) >= 11 is 0.159. The molecule has 0 spiro atoms. The zero-order valence-corrected chi connectivity index (χ0v) is 17.0. The van der Waals surface area contributed by atoms with E-state index in [2.05, 4.69) is 10.3 Å². The van der Waals surface area contributed by atoms with Crippen LogP contribution in [0.4, 0.5) is 8.78 Å². The second kappa shape index (κ2) is 7.09. The lowest BCUT2D eigenvalue weighted by atomic mass is 9.97. The van der Waals surface area contributed by atoms with Crippen molar-refractivity contribution in [1.29, 1.82) is 5.41 Å². The lowest BCUT2D eigenvalue weighted by molar-refractivity contribution is 0.513. The van der Waals surface area contributed by atoms with E-state index in [0.29, 0.717) is 6.42 Å². The van der Waals surface area contributed by atoms with Gasteiger partial charge in [-0.2, -0.15) is 0 Å². The first-order valence-corrected chi connectivity index (χ1v) is 10.9. The summed E-state index contributed by atoms with van der Waals surface area (Å²) in [7, 11) is 0. The average Bonchev–Trinajstić information content (AvgIpc) is 3.01. The van der Waals surface area contributed by atoms with Gasteiger partial charge in [0.15, 0.2) is 10.6 Å². The monoisotopic (exact) mass is 419 g/mol. The first-order valence-electron chi connectivity index (χ1n) is 8.81. The maximum Gasteiger partial charge on any atom is 0.182 e. The molecule has 1 aromatic heterocycles. The van der Waals surface area contributed by atoms with E-state index in [9.17, 15) is 13.3 Å². The highest BCUT2D eigenvalue weighted by Crippen LogP contribution is 2.34. The quantitative estimate of drug-likeness (QED) is 0.624. The molecule has 2 aromatic carbocycles. The molecule has 0 bridgehead atoms. The fraction of sp³-hybridized carbons (Fsp3) is 0.300. The van der Waals surface area contributed by atoms with Gasteiger partial charge < -0.3 is 9.87 Å². The van der Waals surface area contributed by atoms with Crippen molar-refractivity contribution in [3.05, 3.63) is 64.2 Å². The molecule has 146 valence electrons. The van der Waals surface area contributed by atoms with Crippen LogP contribution in [0.25, 0.3) is 10.2 Å². The molecule has 3 atom stereocenters. The van der Waals surface area contributed by atoms with Crippen molar-refractivity contribution < 1.29 is 13.3 Å². The van der Waals surface area contributed by atoms with Crippen LogP contribution >= 0.6 is 11.3 Å². The van der Waals surface area contributed by atoms with Crippen molar-refractivity contribution in [2.24, 2.45) is 0 Å². The Morgan fingerprint density at radius 3 is 2.86 bits per heavy atom. The minimum Gasteiger partial charge on any atom is -0.616 e. The molecular weight excluding hydrogens is 400 g/mol. The Morgan fingerprint density at radius 2 is 2.11 bits per heavy atom. The van der Waals surface area contributed by atoms with Crippen LogP contribution in [0.1, 0.15) is 29.1 Å². The van der Waals surface area contributed by atoms with Gasteiger partial charge in [0.05, 0.1) is 15.2 Å². The third kappa shape index (κ3) is 3.40. The van der Waals surface area contributed by atoms with Gasteiger partial charge in [0.25, 0.3) is 0 Å². The number of hydrogen-bond donors (Lipinski definition) is 2. The number of nitrogens with zero attached hydrogens (tertiary/aromatic N) is 1. The van der Waals surface area contributed by atoms with Gasteiger partial charge in [-0.3, -0.25) is 5.41 Å². The molecular formula is C20H19F2N3OS2. The fourth-order valence-corrected chi connectivity index (χ4v) is 5.96. The Bertz CT molecular complexity index is 1070. The van der Waals surface area contributed by atoms with Gasteiger partial charge in [0, 0.05) is 12.0 Å². The smallest absolute Gasteiger partial charge is 0.182 e. The van der Waals surface area contributed by atoms with Crippen LogP contribution in [0.5, 0.6) is 0 Å². The molecule has 1 aliphatic heterocycles. The van der Waals surface area contributed by atoms with Gasteiger partial charge in [0.1, 0.15) is 23.4 Å². The van der Waals surface area contributed by atoms with Crippen LogP contribution in [0.2, 0.25) is 0 Å². The van der Waals surface area contributed by atoms with Crippen LogP contribution < -0.4 is 5.32 Å². The number of halogens is 2. The van der Waals surface area contributed by atoms with Crippen molar-refractivity contribution in [3.8, 4) is 0 Å². The molecule has 1 fully saturated rings. The Morgan fingerprint density at radius 1 is 1.32 bits per heavy atom. The molecule has 28 heavy (non-hydrogen) atoms. The number of aryl methyl sites for hydroxylation is 1. The molecule has 3 unspecified atom stereocenters. The lowest BCUT2D eigenvalue weighted by Crippen LogP contribution is -2.59. The van der Waals surface area contributed by atoms with Crippen molar-refractivity contribution in [1.82, 2.24) is 10.3 Å². The van der Waals surface area contributed by atoms with Crippen LogP contribution in [0, 0.1) is 24.0 Å². The predicted octanol–water partition coefficient (Wildman–Crippen LogP) is 4.25. The van der Waals surface area contributed by atoms with Gasteiger partial charge >= 0.3 is 0 Å². The molecule has 3 aromatic rings. The highest BCUT2D eigenvalue weighted by Gasteiger charge is 2.48. The summed E-state index contributed by atoms with van der Waals surface area (Å²) in [5.41, 5.74) is 1.99. The number of thiazole rings is 1. The van der Waals surface area contributed by atoms with E-state index >= 15 is 0 Å². The molecule has 0 saturated carbocycles. The van der Waals surface area contributed by atoms with E-state index in [1.807, 2.05) is 25.1 Å². The van der Waals surface area contributed by atoms with Gasteiger partial charge in [-0.1, -0.05) is 6.07 Å². The number of fused-ring (bicyclic) bond motifs is 1. The van der Waals surface area contributed by atoms with E-state index in [1.54, 1.807) is 18.3 Å². The molecule has 4 rings (SSSR count). The molecule has 2 heterocycles. The first-order chi connectivity index (χ1) is 13.3. The van der Waals surface area contributed by atoms with Crippen molar-refractivity contribution in [2.45, 2.75) is 31.1 Å². The van der Waals surface area contributed by atoms with Crippen LogP contribution in [0.3, 0.4) is 0 Å². The molecule has 1 aliphatic rings. The Labute approximate surface area is 168 Å². The van der Waals surface area contributed by atoms with Crippen LogP contribution in [-0.2, 0) is 17.6 Å². The van der Waals surface area contributed by atoms with E-state index in [0.717, 1.165) is 39.0 Å². The Balaban J connectivity index is 1.59. The summed E-state index contributed by atoms with van der Waals surface area (Å²) in [5, 5.41) is 12.4. The van der Waals surface area contributed by atoms with Crippen molar-refractivity contribution in [3.63, 3.8) is 0 Å². The van der Waals surface area contributed by atoms with Crippen LogP contribution in [-0.4, -0.2) is 25.9 Å². The summed E-state index contributed by atoms with van der Waals surface area (Å²) in [5.74, 6) is -0.942. The summed E-state index contributed by atoms with van der Waals surface area (Å²) in [6.07, 6.45) is 0.413. The summed E-state index contributed by atoms with van der Waals surface area (Å²) in [6, 6.07) is 8.41. The summed E-state index contributed by atoms with van der Waals surface area (Å²) in [6.45, 7) is 3.73. The van der Waals surface area contributed by atoms with E-state index in [1.165, 1.54) is 0 Å². The largest absolute Gasteiger partial charge is 0.616 e. The molecule has 1 saturated heterocycles. The van der Waals surface area contributed by atoms with E-state index < -0.39 is 33.6 Å². The van der Waals surface area contributed by atoms with Gasteiger partial charge in [-0.25, -0.2) is 13.8 Å². The lowest BCUT2D eigenvalue weighted by Gasteiger charge is -2.40. The number of aromatic nitrogens is 1. The number of rotatable bonds is 3. The highest BCUT2D eigenvalue weighted by molar-refractivity contribution is 7.93. The number of benzene rings is 2. The molecule has 0 radical (unpaired) electrons. The average molecular weight is 420 g/mol. The van der Waals surface area contributed by atoms with E-state index in [4.69, 9.17) is 5.41 Å². The molecule has 2 N–H and O–H groups in total. The summed E-state index contributed by atoms with van der Waals surface area (Å²) < 4.78 is 40.9. The van der Waals surface area contributed by atoms with Gasteiger partial charge in [-0.15, -0.1) is 11.3 Å². The Kier molecular flexibility index (Phi) is 4.89. The standard InChI is InChI=1S/C20H19F2N3OS2/c1-11-24-16-6-3-12(7-18(16)27-11)9-20(2)19(23)25-17(10-28(20)26)14-8-13(21)4-5-15(14)22/h3-8,17H,9-10H2,1-2H3,(H2,23,25). The van der Waals surface area contributed by atoms with E-state index in [-0.39, 0.29) is 17.2 Å². The minimum absolute atomic E-state index is 0.0753. The molecule has 0 amide bonds. The van der Waals surface area contributed by atoms with Gasteiger partial charge in [0.2, 0.25) is 0 Å². The zero-order chi connectivity index (χ0) is 20.1. The number of amidine groups is 1. The summed E-state index contributed by atoms with van der Waals surface area (Å²) in [4.78, 5) is 4.44. The minimum atomic E-state index is -1.44. The third-order valence-electron chi connectivity index (χ3n) is 5.10. The molecule has 4 nitrogen and oxygen atoms in total. The second-order valence-corrected chi connectivity index (χ2v) is 10.4. The maximum atomic E-state index is 14.1. The normalized spacial score (nSPS) is 25.1. The second-order valence-electron chi connectivity index (χ2n) is 7.19. The Hall–Kier alpha value is -2.03. The first kappa shape index (κ1) is 19.3. The third-order valence-corrected chi connectivity index (χ3v) is 8.03.